The molecule has 0 spiro atoms. The molecule has 1 heterocycles. The summed E-state index contributed by atoms with van der Waals surface area (Å²) in [6.07, 6.45) is 0. The standard InChI is InChI=1S/C18H16ClN3O3/c19-15-8-4-1-5-12(15)11-21-18(25)20-9-10-22-16(23)13-6-2-3-7-14(13)17(22)24/h1-8H,9-11H2,(H2,20,21,25). The molecule has 2 aromatic carbocycles. The van der Waals surface area contributed by atoms with E-state index >= 15 is 0 Å². The van der Waals surface area contributed by atoms with Crippen LogP contribution in [0.25, 0.3) is 0 Å². The lowest BCUT2D eigenvalue weighted by Crippen LogP contribution is -2.41. The van der Waals surface area contributed by atoms with Gasteiger partial charge in [0.2, 0.25) is 0 Å². The molecule has 0 fully saturated rings. The molecule has 4 amide bonds. The van der Waals surface area contributed by atoms with Gasteiger partial charge in [-0.05, 0) is 23.8 Å². The maximum atomic E-state index is 12.2. The molecule has 0 saturated heterocycles. The first kappa shape index (κ1) is 17.0. The molecule has 0 aliphatic carbocycles. The van der Waals surface area contributed by atoms with Crippen molar-refractivity contribution in [3.63, 3.8) is 0 Å². The molecule has 1 aliphatic heterocycles. The number of fused-ring (bicyclic) bond motifs is 1. The zero-order valence-electron chi connectivity index (χ0n) is 13.3. The van der Waals surface area contributed by atoms with Crippen LogP contribution in [-0.4, -0.2) is 35.8 Å². The van der Waals surface area contributed by atoms with E-state index in [4.69, 9.17) is 11.6 Å². The highest BCUT2D eigenvalue weighted by Crippen LogP contribution is 2.21. The van der Waals surface area contributed by atoms with Crippen molar-refractivity contribution in [2.45, 2.75) is 6.54 Å². The van der Waals surface area contributed by atoms with Crippen LogP contribution in [0.3, 0.4) is 0 Å². The van der Waals surface area contributed by atoms with Crippen molar-refractivity contribution in [2.24, 2.45) is 0 Å². The number of urea groups is 1. The Bertz CT molecular complexity index is 803. The van der Waals surface area contributed by atoms with Crippen molar-refractivity contribution in [3.05, 3.63) is 70.2 Å². The quantitative estimate of drug-likeness (QED) is 0.807. The number of hydrogen-bond acceptors (Lipinski definition) is 3. The molecule has 128 valence electrons. The van der Waals surface area contributed by atoms with E-state index in [1.807, 2.05) is 18.2 Å². The summed E-state index contributed by atoms with van der Waals surface area (Å²) in [5, 5.41) is 5.89. The Labute approximate surface area is 149 Å². The Morgan fingerprint density at radius 2 is 1.52 bits per heavy atom. The van der Waals surface area contributed by atoms with Crippen LogP contribution in [0.5, 0.6) is 0 Å². The molecule has 7 heteroatoms. The second-order valence-corrected chi connectivity index (χ2v) is 5.92. The highest BCUT2D eigenvalue weighted by atomic mass is 35.5. The van der Waals surface area contributed by atoms with Gasteiger partial charge in [-0.25, -0.2) is 4.79 Å². The van der Waals surface area contributed by atoms with Gasteiger partial charge in [0.1, 0.15) is 0 Å². The summed E-state index contributed by atoms with van der Waals surface area (Å²) in [4.78, 5) is 37.4. The summed E-state index contributed by atoms with van der Waals surface area (Å²) < 4.78 is 0. The van der Waals surface area contributed by atoms with E-state index in [0.717, 1.165) is 10.5 Å². The first-order valence-corrected chi connectivity index (χ1v) is 8.16. The van der Waals surface area contributed by atoms with E-state index in [9.17, 15) is 14.4 Å². The van der Waals surface area contributed by atoms with E-state index in [1.165, 1.54) is 0 Å². The van der Waals surface area contributed by atoms with Gasteiger partial charge < -0.3 is 10.6 Å². The Kier molecular flexibility index (Phi) is 5.00. The third-order valence-electron chi connectivity index (χ3n) is 3.90. The number of nitrogens with one attached hydrogen (secondary N) is 2. The van der Waals surface area contributed by atoms with Crippen LogP contribution >= 0.6 is 11.6 Å². The topological polar surface area (TPSA) is 78.5 Å². The third-order valence-corrected chi connectivity index (χ3v) is 4.27. The SMILES string of the molecule is O=C(NCCN1C(=O)c2ccccc2C1=O)NCc1ccccc1Cl. The van der Waals surface area contributed by atoms with Gasteiger partial charge in [-0.15, -0.1) is 0 Å². The van der Waals surface area contributed by atoms with E-state index in [-0.39, 0.29) is 24.9 Å². The van der Waals surface area contributed by atoms with E-state index in [1.54, 1.807) is 30.3 Å². The van der Waals surface area contributed by atoms with E-state index < -0.39 is 6.03 Å². The molecule has 0 aromatic heterocycles. The number of hydrogen-bond donors (Lipinski definition) is 2. The summed E-state index contributed by atoms with van der Waals surface area (Å²) in [5.74, 6) is -0.669. The maximum absolute atomic E-state index is 12.2. The lowest BCUT2D eigenvalue weighted by Gasteiger charge is -2.14. The van der Waals surface area contributed by atoms with Crippen molar-refractivity contribution in [3.8, 4) is 0 Å². The fourth-order valence-electron chi connectivity index (χ4n) is 2.60. The van der Waals surface area contributed by atoms with Crippen LogP contribution in [0, 0.1) is 0 Å². The fraction of sp³-hybridized carbons (Fsp3) is 0.167. The minimum absolute atomic E-state index is 0.117. The number of imide groups is 1. The van der Waals surface area contributed by atoms with Crippen molar-refractivity contribution in [1.29, 1.82) is 0 Å². The van der Waals surface area contributed by atoms with Crippen LogP contribution in [0.2, 0.25) is 5.02 Å². The zero-order valence-corrected chi connectivity index (χ0v) is 14.0. The van der Waals surface area contributed by atoms with Gasteiger partial charge in [-0.2, -0.15) is 0 Å². The Hall–Kier alpha value is -2.86. The normalized spacial score (nSPS) is 12.9. The van der Waals surface area contributed by atoms with E-state index in [2.05, 4.69) is 10.6 Å². The average molecular weight is 358 g/mol. The average Bonchev–Trinajstić information content (AvgIpc) is 2.86. The van der Waals surface area contributed by atoms with Gasteiger partial charge in [-0.3, -0.25) is 14.5 Å². The number of amides is 4. The van der Waals surface area contributed by atoms with Gasteiger partial charge in [0.25, 0.3) is 11.8 Å². The summed E-state index contributed by atoms with van der Waals surface area (Å²) in [6, 6.07) is 13.5. The fourth-order valence-corrected chi connectivity index (χ4v) is 2.81. The van der Waals surface area contributed by atoms with E-state index in [0.29, 0.717) is 22.7 Å². The van der Waals surface area contributed by atoms with Crippen LogP contribution in [0.1, 0.15) is 26.3 Å². The van der Waals surface area contributed by atoms with Gasteiger partial charge >= 0.3 is 6.03 Å². The van der Waals surface area contributed by atoms with Crippen molar-refractivity contribution >= 4 is 29.4 Å². The van der Waals surface area contributed by atoms with Crippen molar-refractivity contribution in [1.82, 2.24) is 15.5 Å². The summed E-state index contributed by atoms with van der Waals surface area (Å²) in [6.45, 7) is 0.574. The number of benzene rings is 2. The monoisotopic (exact) mass is 357 g/mol. The molecule has 0 bridgehead atoms. The second-order valence-electron chi connectivity index (χ2n) is 5.51. The molecular weight excluding hydrogens is 342 g/mol. The van der Waals surface area contributed by atoms with Gasteiger partial charge in [-0.1, -0.05) is 41.9 Å². The largest absolute Gasteiger partial charge is 0.336 e. The van der Waals surface area contributed by atoms with Crippen molar-refractivity contribution < 1.29 is 14.4 Å². The van der Waals surface area contributed by atoms with Crippen LogP contribution < -0.4 is 10.6 Å². The Morgan fingerprint density at radius 1 is 0.920 bits per heavy atom. The minimum Gasteiger partial charge on any atom is -0.336 e. The molecule has 2 aromatic rings. The molecule has 1 aliphatic rings. The number of rotatable bonds is 5. The first-order chi connectivity index (χ1) is 12.1. The molecule has 25 heavy (non-hydrogen) atoms. The smallest absolute Gasteiger partial charge is 0.315 e. The molecule has 0 radical (unpaired) electrons. The first-order valence-electron chi connectivity index (χ1n) is 7.78. The predicted molar refractivity (Wildman–Crippen MR) is 93.5 cm³/mol. The number of halogens is 1. The maximum Gasteiger partial charge on any atom is 0.315 e. The Balaban J connectivity index is 1.47. The lowest BCUT2D eigenvalue weighted by atomic mass is 10.1. The second kappa shape index (κ2) is 7.36. The van der Waals surface area contributed by atoms with Gasteiger partial charge in [0.15, 0.2) is 0 Å². The van der Waals surface area contributed by atoms with Crippen LogP contribution in [0.4, 0.5) is 4.79 Å². The summed E-state index contributed by atoms with van der Waals surface area (Å²) in [7, 11) is 0. The molecule has 0 atom stereocenters. The third kappa shape index (κ3) is 3.64. The highest BCUT2D eigenvalue weighted by molar-refractivity contribution is 6.31. The lowest BCUT2D eigenvalue weighted by molar-refractivity contribution is 0.0656. The Morgan fingerprint density at radius 3 is 2.16 bits per heavy atom. The van der Waals surface area contributed by atoms with Crippen LogP contribution in [-0.2, 0) is 6.54 Å². The van der Waals surface area contributed by atoms with Gasteiger partial charge in [0.05, 0.1) is 11.1 Å². The molecule has 3 rings (SSSR count). The van der Waals surface area contributed by atoms with Gasteiger partial charge in [0, 0.05) is 24.7 Å². The molecule has 0 saturated carbocycles. The molecule has 2 N–H and O–H groups in total. The minimum atomic E-state index is -0.392. The molecule has 6 nitrogen and oxygen atoms in total. The predicted octanol–water partition coefficient (Wildman–Crippen LogP) is 2.44. The zero-order chi connectivity index (χ0) is 17.8. The number of nitrogens with zero attached hydrogens (tertiary/aromatic N) is 1. The highest BCUT2D eigenvalue weighted by Gasteiger charge is 2.34. The summed E-state index contributed by atoms with van der Waals surface area (Å²) >= 11 is 6.02. The molecule has 0 unspecified atom stereocenters. The number of carbonyl (C=O) groups excluding carboxylic acids is 3. The summed E-state index contributed by atoms with van der Waals surface area (Å²) in [5.41, 5.74) is 1.60. The van der Waals surface area contributed by atoms with Crippen molar-refractivity contribution in [2.75, 3.05) is 13.1 Å². The molecular formula is C18H16ClN3O3. The van der Waals surface area contributed by atoms with Crippen LogP contribution in [0.15, 0.2) is 48.5 Å². The number of carbonyl (C=O) groups is 3.